The van der Waals surface area contributed by atoms with Gasteiger partial charge in [0.15, 0.2) is 0 Å². The Morgan fingerprint density at radius 3 is 2.25 bits per heavy atom. The van der Waals surface area contributed by atoms with Crippen LogP contribution in [-0.2, 0) is 19.0 Å². The molecule has 5 heteroatoms. The number of nitrogens with zero attached hydrogens (tertiary/aromatic N) is 1. The van der Waals surface area contributed by atoms with Gasteiger partial charge in [0, 0.05) is 40.5 Å². The van der Waals surface area contributed by atoms with Crippen LogP contribution in [0.5, 0.6) is 0 Å². The fourth-order valence-corrected chi connectivity index (χ4v) is 1.34. The second-order valence-electron chi connectivity index (χ2n) is 3.51. The van der Waals surface area contributed by atoms with E-state index in [4.69, 9.17) is 9.47 Å². The second kappa shape index (κ2) is 10.9. The molecule has 16 heavy (non-hydrogen) atoms. The molecule has 0 aromatic carbocycles. The monoisotopic (exact) mass is 233 g/mol. The predicted molar refractivity (Wildman–Crippen MR) is 61.4 cm³/mol. The van der Waals surface area contributed by atoms with Crippen LogP contribution in [0, 0.1) is 0 Å². The topological polar surface area (TPSA) is 48.0 Å². The van der Waals surface area contributed by atoms with Crippen LogP contribution in [0.15, 0.2) is 0 Å². The SMILES string of the molecule is COCCCN(CCOC)CCC(=O)OC. The van der Waals surface area contributed by atoms with Gasteiger partial charge in [0.25, 0.3) is 0 Å². The first-order chi connectivity index (χ1) is 7.74. The zero-order valence-electron chi connectivity index (χ0n) is 10.5. The number of rotatable bonds is 10. The van der Waals surface area contributed by atoms with Crippen LogP contribution in [0.2, 0.25) is 0 Å². The molecule has 5 nitrogen and oxygen atoms in total. The predicted octanol–water partition coefficient (Wildman–Crippen LogP) is 0.534. The number of esters is 1. The number of methoxy groups -OCH3 is 3. The lowest BCUT2D eigenvalue weighted by molar-refractivity contribution is -0.141. The molecule has 0 spiro atoms. The Bertz CT molecular complexity index is 175. The van der Waals surface area contributed by atoms with Crippen LogP contribution in [-0.4, -0.2) is 65.0 Å². The molecule has 0 aromatic rings. The third kappa shape index (κ3) is 8.64. The molecular formula is C11H23NO4. The summed E-state index contributed by atoms with van der Waals surface area (Å²) in [7, 11) is 4.77. The van der Waals surface area contributed by atoms with Crippen molar-refractivity contribution < 1.29 is 19.0 Å². The Kier molecular flexibility index (Phi) is 10.4. The van der Waals surface area contributed by atoms with Gasteiger partial charge in [-0.05, 0) is 6.42 Å². The number of hydrogen-bond acceptors (Lipinski definition) is 5. The molecule has 0 saturated heterocycles. The van der Waals surface area contributed by atoms with Crippen LogP contribution in [0.3, 0.4) is 0 Å². The Morgan fingerprint density at radius 2 is 1.69 bits per heavy atom. The van der Waals surface area contributed by atoms with Crippen LogP contribution in [0.25, 0.3) is 0 Å². The molecule has 0 aromatic heterocycles. The minimum absolute atomic E-state index is 0.172. The molecule has 0 atom stereocenters. The lowest BCUT2D eigenvalue weighted by atomic mass is 10.3. The third-order valence-corrected chi connectivity index (χ3v) is 2.29. The van der Waals surface area contributed by atoms with Gasteiger partial charge >= 0.3 is 5.97 Å². The van der Waals surface area contributed by atoms with Gasteiger partial charge in [0.2, 0.25) is 0 Å². The lowest BCUT2D eigenvalue weighted by Gasteiger charge is -2.21. The van der Waals surface area contributed by atoms with Crippen molar-refractivity contribution >= 4 is 5.97 Å². The van der Waals surface area contributed by atoms with E-state index in [9.17, 15) is 4.79 Å². The minimum atomic E-state index is -0.172. The summed E-state index contributed by atoms with van der Waals surface area (Å²) in [5, 5.41) is 0. The molecular weight excluding hydrogens is 210 g/mol. The zero-order valence-corrected chi connectivity index (χ0v) is 10.5. The van der Waals surface area contributed by atoms with Gasteiger partial charge in [-0.2, -0.15) is 0 Å². The molecule has 0 amide bonds. The molecule has 0 aliphatic rings. The third-order valence-electron chi connectivity index (χ3n) is 2.29. The average Bonchev–Trinajstić information content (AvgIpc) is 2.31. The summed E-state index contributed by atoms with van der Waals surface area (Å²) in [4.78, 5) is 13.2. The van der Waals surface area contributed by atoms with E-state index in [1.807, 2.05) is 0 Å². The molecule has 0 N–H and O–H groups in total. The van der Waals surface area contributed by atoms with E-state index in [1.54, 1.807) is 14.2 Å². The first-order valence-corrected chi connectivity index (χ1v) is 5.51. The summed E-state index contributed by atoms with van der Waals surface area (Å²) in [6.07, 6.45) is 1.38. The van der Waals surface area contributed by atoms with Gasteiger partial charge in [-0.25, -0.2) is 0 Å². The molecule has 0 unspecified atom stereocenters. The summed E-state index contributed by atoms with van der Waals surface area (Å²) < 4.78 is 14.6. The fourth-order valence-electron chi connectivity index (χ4n) is 1.34. The molecule has 96 valence electrons. The minimum Gasteiger partial charge on any atom is -0.469 e. The normalized spacial score (nSPS) is 10.8. The summed E-state index contributed by atoms with van der Waals surface area (Å²) >= 11 is 0. The quantitative estimate of drug-likeness (QED) is 0.407. The van der Waals surface area contributed by atoms with Crippen molar-refractivity contribution in [2.45, 2.75) is 12.8 Å². The Balaban J connectivity index is 3.75. The van der Waals surface area contributed by atoms with Crippen LogP contribution >= 0.6 is 0 Å². The molecule has 0 fully saturated rings. The van der Waals surface area contributed by atoms with E-state index in [2.05, 4.69) is 9.64 Å². The van der Waals surface area contributed by atoms with Crippen molar-refractivity contribution in [2.75, 3.05) is 54.2 Å². The van der Waals surface area contributed by atoms with E-state index in [0.29, 0.717) is 19.6 Å². The van der Waals surface area contributed by atoms with Gasteiger partial charge in [-0.1, -0.05) is 0 Å². The van der Waals surface area contributed by atoms with Crippen LogP contribution in [0.4, 0.5) is 0 Å². The first kappa shape index (κ1) is 15.3. The maximum absolute atomic E-state index is 11.0. The molecule has 0 heterocycles. The summed E-state index contributed by atoms with van der Waals surface area (Å²) in [6, 6.07) is 0. The Morgan fingerprint density at radius 1 is 1.00 bits per heavy atom. The first-order valence-electron chi connectivity index (χ1n) is 5.51. The van der Waals surface area contributed by atoms with E-state index < -0.39 is 0 Å². The van der Waals surface area contributed by atoms with Crippen molar-refractivity contribution in [3.05, 3.63) is 0 Å². The van der Waals surface area contributed by atoms with Crippen LogP contribution < -0.4 is 0 Å². The van der Waals surface area contributed by atoms with Crippen molar-refractivity contribution in [3.8, 4) is 0 Å². The largest absolute Gasteiger partial charge is 0.469 e. The standard InChI is InChI=1S/C11H23NO4/c1-14-9-4-6-12(8-10-15-2)7-5-11(13)16-3/h4-10H2,1-3H3. The highest BCUT2D eigenvalue weighted by Gasteiger charge is 2.07. The molecule has 0 aliphatic carbocycles. The van der Waals surface area contributed by atoms with Gasteiger partial charge in [-0.15, -0.1) is 0 Å². The zero-order chi connectivity index (χ0) is 12.2. The lowest BCUT2D eigenvalue weighted by Crippen LogP contribution is -2.31. The van der Waals surface area contributed by atoms with E-state index in [0.717, 1.165) is 26.1 Å². The van der Waals surface area contributed by atoms with E-state index in [-0.39, 0.29) is 5.97 Å². The summed E-state index contributed by atoms with van der Waals surface area (Å²) in [6.45, 7) is 3.86. The molecule has 0 aliphatic heterocycles. The molecule has 0 bridgehead atoms. The highest BCUT2D eigenvalue weighted by Crippen LogP contribution is 1.96. The number of carbonyl (C=O) groups excluding carboxylic acids is 1. The summed E-state index contributed by atoms with van der Waals surface area (Å²) in [5.74, 6) is -0.172. The van der Waals surface area contributed by atoms with E-state index >= 15 is 0 Å². The van der Waals surface area contributed by atoms with Crippen molar-refractivity contribution in [1.29, 1.82) is 0 Å². The van der Waals surface area contributed by atoms with Gasteiger partial charge < -0.3 is 19.1 Å². The van der Waals surface area contributed by atoms with E-state index in [1.165, 1.54) is 7.11 Å². The van der Waals surface area contributed by atoms with Crippen molar-refractivity contribution in [2.24, 2.45) is 0 Å². The van der Waals surface area contributed by atoms with Gasteiger partial charge in [0.1, 0.15) is 0 Å². The highest BCUT2D eigenvalue weighted by molar-refractivity contribution is 5.69. The van der Waals surface area contributed by atoms with Crippen LogP contribution in [0.1, 0.15) is 12.8 Å². The number of hydrogen-bond donors (Lipinski definition) is 0. The maximum atomic E-state index is 11.0. The Hall–Kier alpha value is -0.650. The Labute approximate surface area is 97.7 Å². The average molecular weight is 233 g/mol. The highest BCUT2D eigenvalue weighted by atomic mass is 16.5. The number of carbonyl (C=O) groups is 1. The molecule has 0 rings (SSSR count). The van der Waals surface area contributed by atoms with Gasteiger partial charge in [-0.3, -0.25) is 4.79 Å². The van der Waals surface area contributed by atoms with Gasteiger partial charge in [0.05, 0.1) is 20.1 Å². The fraction of sp³-hybridized carbons (Fsp3) is 0.909. The smallest absolute Gasteiger partial charge is 0.306 e. The van der Waals surface area contributed by atoms with Crippen molar-refractivity contribution in [1.82, 2.24) is 4.90 Å². The second-order valence-corrected chi connectivity index (χ2v) is 3.51. The summed E-state index contributed by atoms with van der Waals surface area (Å²) in [5.41, 5.74) is 0. The maximum Gasteiger partial charge on any atom is 0.306 e. The molecule has 0 radical (unpaired) electrons. The number of ether oxygens (including phenoxy) is 3. The molecule has 0 saturated carbocycles. The van der Waals surface area contributed by atoms with Crippen molar-refractivity contribution in [3.63, 3.8) is 0 Å².